The monoisotopic (exact) mass is 371 g/mol. The van der Waals surface area contributed by atoms with E-state index in [2.05, 4.69) is 17.2 Å². The van der Waals surface area contributed by atoms with Crippen LogP contribution in [0.4, 0.5) is 0 Å². The Morgan fingerprint density at radius 1 is 1.26 bits per heavy atom. The molecular formula is C21H28N2O4. The van der Waals surface area contributed by atoms with E-state index in [1.54, 1.807) is 19.2 Å². The van der Waals surface area contributed by atoms with E-state index in [-0.39, 0.29) is 17.5 Å². The summed E-state index contributed by atoms with van der Waals surface area (Å²) in [6.45, 7) is 2.63. The maximum absolute atomic E-state index is 12.6. The standard InChI is InChI=1S/C21H28N2O4/c1-3-4-12-27-19-17(26-2)11-10-14-13-16(21(25)23-18(14)19)20(24)22-15-8-6-5-7-9-15/h10-11,13,15H,3-9,12H2,1-2H3,(H,22,24)(H,23,25)/i2-1. The smallest absolute Gasteiger partial charge is 0.261 e. The molecule has 0 saturated heterocycles. The molecule has 1 aromatic heterocycles. The predicted octanol–water partition coefficient (Wildman–Crippen LogP) is 3.78. The number of ether oxygens (including phenoxy) is 2. The molecule has 146 valence electrons. The summed E-state index contributed by atoms with van der Waals surface area (Å²) in [5.41, 5.74) is 0.284. The topological polar surface area (TPSA) is 80.4 Å². The van der Waals surface area contributed by atoms with Crippen molar-refractivity contribution in [2.45, 2.75) is 57.9 Å². The van der Waals surface area contributed by atoms with Gasteiger partial charge in [0.25, 0.3) is 11.5 Å². The molecular weight excluding hydrogens is 343 g/mol. The van der Waals surface area contributed by atoms with Crippen LogP contribution < -0.4 is 20.3 Å². The van der Waals surface area contributed by atoms with Crippen molar-refractivity contribution in [1.82, 2.24) is 10.3 Å². The zero-order chi connectivity index (χ0) is 19.2. The van der Waals surface area contributed by atoms with Gasteiger partial charge < -0.3 is 19.8 Å². The summed E-state index contributed by atoms with van der Waals surface area (Å²) in [6.07, 6.45) is 7.33. The molecule has 1 heterocycles. The maximum atomic E-state index is 12.6. The molecule has 0 spiro atoms. The Morgan fingerprint density at radius 2 is 2.04 bits per heavy atom. The number of methoxy groups -OCH3 is 1. The summed E-state index contributed by atoms with van der Waals surface area (Å²) in [4.78, 5) is 28.0. The van der Waals surface area contributed by atoms with E-state index in [1.165, 1.54) is 6.42 Å². The quantitative estimate of drug-likeness (QED) is 0.726. The summed E-state index contributed by atoms with van der Waals surface area (Å²) in [5, 5.41) is 3.75. The first-order chi connectivity index (χ1) is 13.1. The highest BCUT2D eigenvalue weighted by atomic mass is 16.5. The summed E-state index contributed by atoms with van der Waals surface area (Å²) in [6, 6.07) is 5.42. The fourth-order valence-electron chi connectivity index (χ4n) is 3.53. The third-order valence-corrected chi connectivity index (χ3v) is 5.09. The lowest BCUT2D eigenvalue weighted by Gasteiger charge is -2.22. The number of carbonyl (C=O) groups is 1. The van der Waals surface area contributed by atoms with Crippen LogP contribution in [0.3, 0.4) is 0 Å². The number of fused-ring (bicyclic) bond motifs is 1. The molecule has 0 atom stereocenters. The number of pyridine rings is 1. The van der Waals surface area contributed by atoms with Gasteiger partial charge in [-0.15, -0.1) is 0 Å². The molecule has 0 bridgehead atoms. The van der Waals surface area contributed by atoms with Crippen LogP contribution in [0, 0.1) is 0 Å². The number of rotatable bonds is 7. The van der Waals surface area contributed by atoms with Crippen LogP contribution in [-0.4, -0.2) is 30.6 Å². The summed E-state index contributed by atoms with van der Waals surface area (Å²) in [5.74, 6) is 0.766. The van der Waals surface area contributed by atoms with E-state index in [0.29, 0.717) is 23.6 Å². The van der Waals surface area contributed by atoms with E-state index in [1.807, 2.05) is 6.07 Å². The number of nitrogens with one attached hydrogen (secondary N) is 2. The molecule has 2 N–H and O–H groups in total. The van der Waals surface area contributed by atoms with Crippen molar-refractivity contribution in [3.63, 3.8) is 0 Å². The lowest BCUT2D eigenvalue weighted by molar-refractivity contribution is 0.0926. The Kier molecular flexibility index (Phi) is 6.37. The van der Waals surface area contributed by atoms with E-state index >= 15 is 0 Å². The van der Waals surface area contributed by atoms with Crippen LogP contribution in [-0.2, 0) is 0 Å². The molecule has 0 radical (unpaired) electrons. The second kappa shape index (κ2) is 8.93. The zero-order valence-electron chi connectivity index (χ0n) is 16.1. The Bertz CT molecular complexity index is 853. The number of benzene rings is 1. The Balaban J connectivity index is 1.91. The Labute approximate surface area is 159 Å². The van der Waals surface area contributed by atoms with Gasteiger partial charge in [-0.2, -0.15) is 0 Å². The SMILES string of the molecule is CCCCOc1c(O[11CH3])ccc2cc(C(=O)NC3CCCCC3)c(=O)[nH]c12. The van der Waals surface area contributed by atoms with Crippen LogP contribution in [0.2, 0.25) is 0 Å². The van der Waals surface area contributed by atoms with Gasteiger partial charge in [0, 0.05) is 11.4 Å². The van der Waals surface area contributed by atoms with Crippen molar-refractivity contribution >= 4 is 16.8 Å². The Hall–Kier alpha value is -2.50. The molecule has 1 aliphatic rings. The van der Waals surface area contributed by atoms with Crippen molar-refractivity contribution in [3.8, 4) is 11.5 Å². The molecule has 1 aliphatic carbocycles. The highest BCUT2D eigenvalue weighted by molar-refractivity contribution is 5.98. The molecule has 3 rings (SSSR count). The highest BCUT2D eigenvalue weighted by Crippen LogP contribution is 2.34. The molecule has 0 unspecified atom stereocenters. The van der Waals surface area contributed by atoms with Crippen molar-refractivity contribution in [2.24, 2.45) is 0 Å². The molecule has 1 fully saturated rings. The fraction of sp³-hybridized carbons (Fsp3) is 0.524. The number of amides is 1. The minimum absolute atomic E-state index is 0.137. The highest BCUT2D eigenvalue weighted by Gasteiger charge is 2.20. The van der Waals surface area contributed by atoms with Gasteiger partial charge in [-0.05, 0) is 37.5 Å². The van der Waals surface area contributed by atoms with Crippen molar-refractivity contribution in [1.29, 1.82) is 0 Å². The number of hydrogen-bond acceptors (Lipinski definition) is 4. The normalized spacial score (nSPS) is 14.9. The molecule has 6 heteroatoms. The number of aromatic nitrogens is 1. The second-order valence-electron chi connectivity index (χ2n) is 7.08. The minimum atomic E-state index is -0.413. The van der Waals surface area contributed by atoms with E-state index in [9.17, 15) is 9.59 Å². The zero-order valence-corrected chi connectivity index (χ0v) is 16.1. The van der Waals surface area contributed by atoms with Gasteiger partial charge in [0.2, 0.25) is 0 Å². The number of aromatic amines is 1. The largest absolute Gasteiger partial charge is 0.493 e. The summed E-state index contributed by atoms with van der Waals surface area (Å²) >= 11 is 0. The number of carbonyl (C=O) groups excluding carboxylic acids is 1. The molecule has 0 aliphatic heterocycles. The molecule has 1 aromatic carbocycles. The number of H-pyrrole nitrogens is 1. The number of hydrogen-bond donors (Lipinski definition) is 2. The van der Waals surface area contributed by atoms with Crippen LogP contribution in [0.5, 0.6) is 11.5 Å². The molecule has 27 heavy (non-hydrogen) atoms. The van der Waals surface area contributed by atoms with E-state index in [0.717, 1.165) is 43.9 Å². The first-order valence-electron chi connectivity index (χ1n) is 9.81. The average Bonchev–Trinajstić information content (AvgIpc) is 2.68. The molecule has 1 saturated carbocycles. The van der Waals surface area contributed by atoms with Gasteiger partial charge in [-0.1, -0.05) is 32.6 Å². The van der Waals surface area contributed by atoms with Gasteiger partial charge >= 0.3 is 0 Å². The van der Waals surface area contributed by atoms with Gasteiger partial charge in [0.15, 0.2) is 11.5 Å². The van der Waals surface area contributed by atoms with Crippen molar-refractivity contribution in [3.05, 3.63) is 34.1 Å². The van der Waals surface area contributed by atoms with Crippen LogP contribution in [0.25, 0.3) is 10.9 Å². The Morgan fingerprint density at radius 3 is 2.74 bits per heavy atom. The van der Waals surface area contributed by atoms with Crippen molar-refractivity contribution in [2.75, 3.05) is 13.7 Å². The second-order valence-corrected chi connectivity index (χ2v) is 7.08. The van der Waals surface area contributed by atoms with Gasteiger partial charge in [-0.3, -0.25) is 9.59 Å². The number of unbranched alkanes of at least 4 members (excludes halogenated alkanes) is 1. The molecule has 1 amide bonds. The molecule has 2 aromatic rings. The minimum Gasteiger partial charge on any atom is -0.493 e. The third kappa shape index (κ3) is 4.43. The van der Waals surface area contributed by atoms with Gasteiger partial charge in [-0.25, -0.2) is 0 Å². The first-order valence-corrected chi connectivity index (χ1v) is 9.81. The summed E-state index contributed by atoms with van der Waals surface area (Å²) < 4.78 is 11.2. The lowest BCUT2D eigenvalue weighted by atomic mass is 9.95. The van der Waals surface area contributed by atoms with Crippen LogP contribution in [0.1, 0.15) is 62.2 Å². The van der Waals surface area contributed by atoms with E-state index in [4.69, 9.17) is 9.47 Å². The van der Waals surface area contributed by atoms with Crippen LogP contribution in [0.15, 0.2) is 23.0 Å². The molecule has 6 nitrogen and oxygen atoms in total. The van der Waals surface area contributed by atoms with E-state index < -0.39 is 5.56 Å². The summed E-state index contributed by atoms with van der Waals surface area (Å²) in [7, 11) is 1.57. The predicted molar refractivity (Wildman–Crippen MR) is 106 cm³/mol. The van der Waals surface area contributed by atoms with Gasteiger partial charge in [0.05, 0.1) is 19.2 Å². The fourth-order valence-corrected chi connectivity index (χ4v) is 3.53. The third-order valence-electron chi connectivity index (χ3n) is 5.09. The average molecular weight is 371 g/mol. The van der Waals surface area contributed by atoms with Crippen molar-refractivity contribution < 1.29 is 14.3 Å². The lowest BCUT2D eigenvalue weighted by Crippen LogP contribution is -2.38. The first kappa shape index (κ1) is 19.3. The van der Waals surface area contributed by atoms with Crippen LogP contribution >= 0.6 is 0 Å². The maximum Gasteiger partial charge on any atom is 0.261 e. The van der Waals surface area contributed by atoms with Gasteiger partial charge in [0.1, 0.15) is 5.56 Å².